The van der Waals surface area contributed by atoms with Crippen LogP contribution in [0, 0.1) is 0 Å². The molecule has 3 aliphatic heterocycles. The highest BCUT2D eigenvalue weighted by atomic mass is 16.5. The van der Waals surface area contributed by atoms with Gasteiger partial charge in [0.2, 0.25) is 5.95 Å². The van der Waals surface area contributed by atoms with E-state index in [-0.39, 0.29) is 24.2 Å². The molecule has 1 amide bonds. The first kappa shape index (κ1) is 27.4. The van der Waals surface area contributed by atoms with Gasteiger partial charge >= 0.3 is 0 Å². The number of ether oxygens (including phenoxy) is 3. The molecule has 1 atom stereocenters. The first-order valence-electron chi connectivity index (χ1n) is 14.0. The van der Waals surface area contributed by atoms with Crippen molar-refractivity contribution in [3.63, 3.8) is 0 Å². The van der Waals surface area contributed by atoms with Crippen molar-refractivity contribution in [2.24, 2.45) is 0 Å². The molecule has 3 aliphatic rings. The lowest BCUT2D eigenvalue weighted by molar-refractivity contribution is 0.0209. The van der Waals surface area contributed by atoms with Crippen LogP contribution in [-0.4, -0.2) is 102 Å². The highest BCUT2D eigenvalue weighted by Gasteiger charge is 2.24. The number of aliphatic hydroxyl groups excluding tert-OH is 1. The maximum Gasteiger partial charge on any atom is 0.270 e. The molecule has 5 heterocycles. The maximum absolute atomic E-state index is 13.1. The third-order valence-electron chi connectivity index (χ3n) is 7.33. The van der Waals surface area contributed by atoms with E-state index in [4.69, 9.17) is 18.6 Å². The van der Waals surface area contributed by atoms with E-state index < -0.39 is 6.10 Å². The predicted molar refractivity (Wildman–Crippen MR) is 148 cm³/mol. The zero-order chi connectivity index (χ0) is 28.0. The normalized spacial score (nSPS) is 18.3. The maximum atomic E-state index is 13.1. The van der Waals surface area contributed by atoms with Crippen LogP contribution in [0.4, 0.5) is 11.8 Å². The molecular weight excluding hydrogens is 530 g/mol. The number of hydrogen-bond acceptors (Lipinski definition) is 12. The number of nitrogens with zero attached hydrogens (tertiary/aromatic N) is 5. The molecule has 2 saturated heterocycles. The van der Waals surface area contributed by atoms with Gasteiger partial charge in [-0.2, -0.15) is 4.98 Å². The Morgan fingerprint density at radius 3 is 2.78 bits per heavy atom. The van der Waals surface area contributed by atoms with E-state index in [0.717, 1.165) is 25.3 Å². The van der Waals surface area contributed by atoms with Crippen molar-refractivity contribution in [1.82, 2.24) is 25.2 Å². The van der Waals surface area contributed by atoms with Gasteiger partial charge in [-0.3, -0.25) is 9.69 Å². The van der Waals surface area contributed by atoms with Gasteiger partial charge in [0.15, 0.2) is 12.2 Å². The van der Waals surface area contributed by atoms with Crippen LogP contribution in [-0.2, 0) is 29.0 Å². The third kappa shape index (κ3) is 7.11. The number of amides is 1. The topological polar surface area (TPSA) is 147 Å². The Bertz CT molecular complexity index is 1310. The fourth-order valence-electron chi connectivity index (χ4n) is 5.02. The van der Waals surface area contributed by atoms with Crippen LogP contribution in [0.25, 0.3) is 0 Å². The number of aliphatic hydroxyl groups is 1. The van der Waals surface area contributed by atoms with Gasteiger partial charge in [0.25, 0.3) is 5.91 Å². The molecule has 3 N–H and O–H groups in total. The van der Waals surface area contributed by atoms with Crippen LogP contribution >= 0.6 is 0 Å². The van der Waals surface area contributed by atoms with Crippen LogP contribution in [0.5, 0.6) is 5.75 Å². The highest BCUT2D eigenvalue weighted by molar-refractivity contribution is 5.93. The molecule has 3 aromatic rings. The van der Waals surface area contributed by atoms with Crippen molar-refractivity contribution in [1.29, 1.82) is 0 Å². The second-order valence-electron chi connectivity index (χ2n) is 10.5. The standard InChI is InChI=1S/C28H35N7O6/c36-22(14-34-4-3-19-9-23(2-1-20(19)13-34)40-17-24-12-29-18-41-24)11-30-27(37)25-10-26(31-21-15-39-16-21)33-28(32-25)35-5-7-38-8-6-35/h1-2,9-10,12,18,21-22,36H,3-8,11,13-17H2,(H,30,37)(H,31,32,33). The minimum Gasteiger partial charge on any atom is -0.486 e. The Morgan fingerprint density at radius 2 is 2.00 bits per heavy atom. The molecule has 1 aromatic carbocycles. The SMILES string of the molecule is O=C(NCC(O)CN1CCc2cc(OCc3cnco3)ccc2C1)c1cc(NC2COC2)nc(N2CCOCC2)n1. The number of hydrogen-bond donors (Lipinski definition) is 3. The summed E-state index contributed by atoms with van der Waals surface area (Å²) < 4.78 is 21.7. The third-order valence-corrected chi connectivity index (χ3v) is 7.33. The summed E-state index contributed by atoms with van der Waals surface area (Å²) in [5, 5.41) is 16.9. The number of aromatic nitrogens is 3. The highest BCUT2D eigenvalue weighted by Crippen LogP contribution is 2.25. The molecule has 13 heteroatoms. The fourth-order valence-corrected chi connectivity index (χ4v) is 5.02. The van der Waals surface area contributed by atoms with Crippen LogP contribution in [0.1, 0.15) is 27.4 Å². The quantitative estimate of drug-likeness (QED) is 0.303. The minimum atomic E-state index is -0.727. The zero-order valence-corrected chi connectivity index (χ0v) is 22.8. The molecule has 218 valence electrons. The summed E-state index contributed by atoms with van der Waals surface area (Å²) in [6, 6.07) is 7.88. The number of β-amino-alcohol motifs (C(OH)–C–C–N with tert-alkyl or cyclic N) is 1. The summed E-state index contributed by atoms with van der Waals surface area (Å²) in [7, 11) is 0. The van der Waals surface area contributed by atoms with Gasteiger partial charge in [0.05, 0.1) is 44.8 Å². The molecule has 2 fully saturated rings. The molecule has 6 rings (SSSR count). The molecule has 2 aromatic heterocycles. The van der Waals surface area contributed by atoms with E-state index in [1.165, 1.54) is 17.5 Å². The number of rotatable bonds is 11. The summed E-state index contributed by atoms with van der Waals surface area (Å²) in [4.78, 5) is 30.3. The molecule has 41 heavy (non-hydrogen) atoms. The fraction of sp³-hybridized carbons (Fsp3) is 0.500. The molecule has 0 spiro atoms. The van der Waals surface area contributed by atoms with Gasteiger partial charge in [0, 0.05) is 45.3 Å². The summed E-state index contributed by atoms with van der Waals surface area (Å²) in [6.45, 7) is 6.12. The number of oxazole rings is 1. The summed E-state index contributed by atoms with van der Waals surface area (Å²) in [5.74, 6) is 2.18. The van der Waals surface area contributed by atoms with Gasteiger partial charge in [-0.25, -0.2) is 9.97 Å². The lowest BCUT2D eigenvalue weighted by Gasteiger charge is -2.30. The van der Waals surface area contributed by atoms with Gasteiger partial charge in [-0.1, -0.05) is 6.07 Å². The van der Waals surface area contributed by atoms with Gasteiger partial charge in [0.1, 0.15) is 23.9 Å². The monoisotopic (exact) mass is 565 g/mol. The second kappa shape index (κ2) is 12.8. The van der Waals surface area contributed by atoms with E-state index in [9.17, 15) is 9.90 Å². The molecule has 0 saturated carbocycles. The van der Waals surface area contributed by atoms with Crippen LogP contribution in [0.15, 0.2) is 41.3 Å². The van der Waals surface area contributed by atoms with E-state index in [1.54, 1.807) is 12.3 Å². The Labute approximate surface area is 237 Å². The molecule has 13 nitrogen and oxygen atoms in total. The van der Waals surface area contributed by atoms with Gasteiger partial charge in [-0.05, 0) is 29.7 Å². The number of benzene rings is 1. The number of carbonyl (C=O) groups excluding carboxylic acids is 1. The molecule has 1 unspecified atom stereocenters. The van der Waals surface area contributed by atoms with Crippen LogP contribution < -0.4 is 20.3 Å². The second-order valence-corrected chi connectivity index (χ2v) is 10.5. The van der Waals surface area contributed by atoms with E-state index in [2.05, 4.69) is 42.6 Å². The molecule has 0 radical (unpaired) electrons. The minimum absolute atomic E-state index is 0.118. The molecule has 0 aliphatic carbocycles. The number of fused-ring (bicyclic) bond motifs is 1. The number of anilines is 2. The first-order chi connectivity index (χ1) is 20.1. The Balaban J connectivity index is 1.01. The van der Waals surface area contributed by atoms with Crippen molar-refractivity contribution in [3.8, 4) is 5.75 Å². The average molecular weight is 566 g/mol. The van der Waals surface area contributed by atoms with Crippen molar-refractivity contribution in [2.45, 2.75) is 31.7 Å². The molecular formula is C28H35N7O6. The summed E-state index contributed by atoms with van der Waals surface area (Å²) in [5.41, 5.74) is 2.69. The predicted octanol–water partition coefficient (Wildman–Crippen LogP) is 0.840. The Hall–Kier alpha value is -3.78. The Morgan fingerprint density at radius 1 is 1.12 bits per heavy atom. The Kier molecular flexibility index (Phi) is 8.56. The van der Waals surface area contributed by atoms with Crippen molar-refractivity contribution in [2.75, 3.05) is 69.4 Å². The molecule has 0 bridgehead atoms. The number of carbonyl (C=O) groups is 1. The largest absolute Gasteiger partial charge is 0.486 e. The van der Waals surface area contributed by atoms with Crippen LogP contribution in [0.2, 0.25) is 0 Å². The number of morpholine rings is 1. The lowest BCUT2D eigenvalue weighted by Crippen LogP contribution is -2.42. The van der Waals surface area contributed by atoms with Crippen LogP contribution in [0.3, 0.4) is 0 Å². The lowest BCUT2D eigenvalue weighted by atomic mass is 9.99. The van der Waals surface area contributed by atoms with Crippen molar-refractivity contribution in [3.05, 3.63) is 59.4 Å². The number of nitrogens with one attached hydrogen (secondary N) is 2. The first-order valence-corrected chi connectivity index (χ1v) is 14.0. The van der Waals surface area contributed by atoms with E-state index >= 15 is 0 Å². The van der Waals surface area contributed by atoms with E-state index in [1.807, 2.05) is 11.0 Å². The summed E-state index contributed by atoms with van der Waals surface area (Å²) >= 11 is 0. The van der Waals surface area contributed by atoms with Gasteiger partial charge < -0.3 is 39.3 Å². The zero-order valence-electron chi connectivity index (χ0n) is 22.8. The van der Waals surface area contributed by atoms with Gasteiger partial charge in [-0.15, -0.1) is 0 Å². The van der Waals surface area contributed by atoms with E-state index in [0.29, 0.717) is 70.2 Å². The van der Waals surface area contributed by atoms with Crippen molar-refractivity contribution >= 4 is 17.7 Å². The smallest absolute Gasteiger partial charge is 0.270 e. The van der Waals surface area contributed by atoms with Crippen molar-refractivity contribution < 1.29 is 28.5 Å². The average Bonchev–Trinajstić information content (AvgIpc) is 3.51. The summed E-state index contributed by atoms with van der Waals surface area (Å²) in [6.07, 6.45) is 3.15.